The van der Waals surface area contributed by atoms with Gasteiger partial charge in [0.2, 0.25) is 0 Å². The summed E-state index contributed by atoms with van der Waals surface area (Å²) < 4.78 is 5.83. The highest BCUT2D eigenvalue weighted by molar-refractivity contribution is 5.94. The number of hydrogen-bond donors (Lipinski definition) is 2. The van der Waals surface area contributed by atoms with Gasteiger partial charge in [-0.1, -0.05) is 42.2 Å². The zero-order valence-corrected chi connectivity index (χ0v) is 15.1. The van der Waals surface area contributed by atoms with Crippen LogP contribution in [0.2, 0.25) is 0 Å². The number of nitrogens with one attached hydrogen (secondary N) is 1. The van der Waals surface area contributed by atoms with Crippen molar-refractivity contribution in [1.29, 1.82) is 0 Å². The molecule has 0 aliphatic carbocycles. The minimum Gasteiger partial charge on any atom is -0.378 e. The van der Waals surface area contributed by atoms with E-state index >= 15 is 0 Å². The van der Waals surface area contributed by atoms with Gasteiger partial charge < -0.3 is 15.2 Å². The summed E-state index contributed by atoms with van der Waals surface area (Å²) in [6.07, 6.45) is 0.782. The molecule has 3 rings (SSSR count). The fourth-order valence-corrected chi connectivity index (χ4v) is 2.90. The van der Waals surface area contributed by atoms with Crippen LogP contribution in [0.5, 0.6) is 0 Å². The number of rotatable bonds is 3. The van der Waals surface area contributed by atoms with Crippen molar-refractivity contribution in [3.8, 4) is 11.8 Å². The Morgan fingerprint density at radius 3 is 2.88 bits per heavy atom. The molecule has 0 saturated carbocycles. The van der Waals surface area contributed by atoms with Crippen molar-refractivity contribution < 1.29 is 14.6 Å². The van der Waals surface area contributed by atoms with Crippen LogP contribution in [-0.4, -0.2) is 29.8 Å². The maximum Gasteiger partial charge on any atom is 0.251 e. The molecule has 134 valence electrons. The molecule has 0 fully saturated rings. The minimum atomic E-state index is -1.07. The predicted octanol–water partition coefficient (Wildman–Crippen LogP) is 2.85. The molecular weight excluding hydrogens is 326 g/mol. The second-order valence-corrected chi connectivity index (χ2v) is 6.91. The first-order valence-corrected chi connectivity index (χ1v) is 8.75. The first kappa shape index (κ1) is 18.2. The lowest BCUT2D eigenvalue weighted by Crippen LogP contribution is -2.31. The molecule has 0 saturated heterocycles. The maximum atomic E-state index is 12.5. The second kappa shape index (κ2) is 7.74. The molecule has 0 unspecified atom stereocenters. The number of aliphatic hydroxyl groups is 1. The zero-order valence-electron chi connectivity index (χ0n) is 15.1. The SMILES string of the molecule is CC(C)(O)C#Cc1cccc(C(=O)NC[C@H]2OCCc3ccccc32)c1. The number of ether oxygens (including phenoxy) is 1. The number of hydrogen-bond acceptors (Lipinski definition) is 3. The lowest BCUT2D eigenvalue weighted by atomic mass is 9.97. The lowest BCUT2D eigenvalue weighted by molar-refractivity contribution is 0.0411. The van der Waals surface area contributed by atoms with Crippen LogP contribution in [0.4, 0.5) is 0 Å². The lowest BCUT2D eigenvalue weighted by Gasteiger charge is -2.26. The highest BCUT2D eigenvalue weighted by Gasteiger charge is 2.21. The summed E-state index contributed by atoms with van der Waals surface area (Å²) in [7, 11) is 0. The van der Waals surface area contributed by atoms with Crippen LogP contribution in [0.15, 0.2) is 48.5 Å². The van der Waals surface area contributed by atoms with Gasteiger partial charge in [-0.2, -0.15) is 0 Å². The topological polar surface area (TPSA) is 58.6 Å². The van der Waals surface area contributed by atoms with E-state index in [-0.39, 0.29) is 12.0 Å². The van der Waals surface area contributed by atoms with E-state index in [0.717, 1.165) is 12.0 Å². The van der Waals surface area contributed by atoms with Gasteiger partial charge in [0, 0.05) is 17.7 Å². The van der Waals surface area contributed by atoms with Gasteiger partial charge in [0.15, 0.2) is 0 Å². The third kappa shape index (κ3) is 4.72. The highest BCUT2D eigenvalue weighted by Crippen LogP contribution is 2.26. The number of amides is 1. The minimum absolute atomic E-state index is 0.123. The molecular formula is C22H23NO3. The molecule has 1 heterocycles. The Balaban J connectivity index is 1.67. The molecule has 2 N–H and O–H groups in total. The molecule has 0 aromatic heterocycles. The van der Waals surface area contributed by atoms with Gasteiger partial charge >= 0.3 is 0 Å². The summed E-state index contributed by atoms with van der Waals surface area (Å²) >= 11 is 0. The van der Waals surface area contributed by atoms with E-state index in [1.807, 2.05) is 18.2 Å². The molecule has 1 aliphatic heterocycles. The quantitative estimate of drug-likeness (QED) is 0.838. The van der Waals surface area contributed by atoms with E-state index in [1.165, 1.54) is 5.56 Å². The Hall–Kier alpha value is -2.61. The van der Waals surface area contributed by atoms with E-state index in [4.69, 9.17) is 4.74 Å². The van der Waals surface area contributed by atoms with Crippen molar-refractivity contribution in [2.45, 2.75) is 32.0 Å². The fraction of sp³-hybridized carbons (Fsp3) is 0.318. The Morgan fingerprint density at radius 2 is 2.08 bits per heavy atom. The summed E-state index contributed by atoms with van der Waals surface area (Å²) in [5.41, 5.74) is 2.59. The van der Waals surface area contributed by atoms with Gasteiger partial charge in [0.25, 0.3) is 5.91 Å². The van der Waals surface area contributed by atoms with Crippen molar-refractivity contribution in [2.24, 2.45) is 0 Å². The van der Waals surface area contributed by atoms with E-state index in [2.05, 4.69) is 29.3 Å². The van der Waals surface area contributed by atoms with Crippen LogP contribution in [0.25, 0.3) is 0 Å². The van der Waals surface area contributed by atoms with E-state index in [0.29, 0.717) is 24.3 Å². The van der Waals surface area contributed by atoms with Crippen molar-refractivity contribution in [1.82, 2.24) is 5.32 Å². The maximum absolute atomic E-state index is 12.5. The molecule has 2 aromatic rings. The molecule has 1 amide bonds. The highest BCUT2D eigenvalue weighted by atomic mass is 16.5. The van der Waals surface area contributed by atoms with Crippen LogP contribution in [-0.2, 0) is 11.2 Å². The predicted molar refractivity (Wildman–Crippen MR) is 101 cm³/mol. The molecule has 1 aliphatic rings. The normalized spacial score (nSPS) is 16.2. The smallest absolute Gasteiger partial charge is 0.251 e. The monoisotopic (exact) mass is 349 g/mol. The van der Waals surface area contributed by atoms with Gasteiger partial charge in [-0.05, 0) is 49.6 Å². The molecule has 1 atom stereocenters. The number of carbonyl (C=O) groups excluding carboxylic acids is 1. The molecule has 0 bridgehead atoms. The van der Waals surface area contributed by atoms with Crippen LogP contribution in [0, 0.1) is 11.8 Å². The largest absolute Gasteiger partial charge is 0.378 e. The first-order chi connectivity index (χ1) is 12.4. The van der Waals surface area contributed by atoms with Crippen LogP contribution >= 0.6 is 0 Å². The Labute approximate surface area is 154 Å². The fourth-order valence-electron chi connectivity index (χ4n) is 2.90. The van der Waals surface area contributed by atoms with E-state index < -0.39 is 5.60 Å². The molecule has 2 aromatic carbocycles. The third-order valence-corrected chi connectivity index (χ3v) is 4.18. The standard InChI is InChI=1S/C22H23NO3/c1-22(2,25)12-10-16-6-5-8-18(14-16)21(24)23-15-20-19-9-4-3-7-17(19)11-13-26-20/h3-9,14,20,25H,11,13,15H2,1-2H3,(H,23,24)/t20-/m1/s1. The Morgan fingerprint density at radius 1 is 1.27 bits per heavy atom. The third-order valence-electron chi connectivity index (χ3n) is 4.18. The van der Waals surface area contributed by atoms with Crippen LogP contribution < -0.4 is 5.32 Å². The van der Waals surface area contributed by atoms with E-state index in [1.54, 1.807) is 32.0 Å². The van der Waals surface area contributed by atoms with Crippen molar-refractivity contribution in [3.63, 3.8) is 0 Å². The average Bonchev–Trinajstić information content (AvgIpc) is 2.64. The van der Waals surface area contributed by atoms with Crippen LogP contribution in [0.3, 0.4) is 0 Å². The zero-order chi connectivity index (χ0) is 18.6. The van der Waals surface area contributed by atoms with Gasteiger partial charge in [0.05, 0.1) is 6.61 Å². The van der Waals surface area contributed by atoms with Crippen LogP contribution in [0.1, 0.15) is 47.0 Å². The molecule has 4 heteroatoms. The summed E-state index contributed by atoms with van der Waals surface area (Å²) in [6, 6.07) is 15.3. The summed E-state index contributed by atoms with van der Waals surface area (Å²) in [6.45, 7) is 4.34. The number of fused-ring (bicyclic) bond motifs is 1. The molecule has 0 spiro atoms. The summed E-state index contributed by atoms with van der Waals surface area (Å²) in [4.78, 5) is 12.5. The molecule has 0 radical (unpaired) electrons. The average molecular weight is 349 g/mol. The number of benzene rings is 2. The van der Waals surface area contributed by atoms with Crippen molar-refractivity contribution in [2.75, 3.05) is 13.2 Å². The second-order valence-electron chi connectivity index (χ2n) is 6.91. The van der Waals surface area contributed by atoms with Crippen molar-refractivity contribution >= 4 is 5.91 Å². The number of carbonyl (C=O) groups is 1. The summed E-state index contributed by atoms with van der Waals surface area (Å²) in [5, 5.41) is 12.6. The van der Waals surface area contributed by atoms with Gasteiger partial charge in [-0.15, -0.1) is 0 Å². The van der Waals surface area contributed by atoms with Gasteiger partial charge in [-0.25, -0.2) is 0 Å². The molecule has 26 heavy (non-hydrogen) atoms. The Kier molecular flexibility index (Phi) is 5.41. The van der Waals surface area contributed by atoms with Gasteiger partial charge in [0.1, 0.15) is 11.7 Å². The van der Waals surface area contributed by atoms with Crippen molar-refractivity contribution in [3.05, 3.63) is 70.8 Å². The van der Waals surface area contributed by atoms with E-state index in [9.17, 15) is 9.90 Å². The summed E-state index contributed by atoms with van der Waals surface area (Å²) in [5.74, 6) is 5.48. The van der Waals surface area contributed by atoms with Gasteiger partial charge in [-0.3, -0.25) is 4.79 Å². The molecule has 4 nitrogen and oxygen atoms in total. The first-order valence-electron chi connectivity index (χ1n) is 8.75. The Bertz CT molecular complexity index is 855.